The number of hydrogen-bond acceptors (Lipinski definition) is 3. The molecule has 2 aromatic heterocycles. The van der Waals surface area contributed by atoms with Gasteiger partial charge in [-0.3, -0.25) is 4.79 Å². The van der Waals surface area contributed by atoms with E-state index in [-0.39, 0.29) is 11.9 Å². The standard InChI is InChI=1S/C26H26N4O/c1-20-18-28(24-12-6-5-11-23(24)21-8-3-2-4-9-21)16-17-30(20)25(31)19-29-15-13-22-10-7-14-27-26(22)29/h2-15,20H,16-19H2,1H3. The number of benzene rings is 2. The average molecular weight is 411 g/mol. The maximum Gasteiger partial charge on any atom is 0.242 e. The Labute approximate surface area is 182 Å². The van der Waals surface area contributed by atoms with E-state index in [9.17, 15) is 4.79 Å². The molecule has 1 aliphatic heterocycles. The molecule has 4 aromatic rings. The highest BCUT2D eigenvalue weighted by atomic mass is 16.2. The minimum Gasteiger partial charge on any atom is -0.367 e. The van der Waals surface area contributed by atoms with Crippen LogP contribution >= 0.6 is 0 Å². The van der Waals surface area contributed by atoms with Crippen molar-refractivity contribution in [2.75, 3.05) is 24.5 Å². The molecule has 0 spiro atoms. The quantitative estimate of drug-likeness (QED) is 0.499. The first kappa shape index (κ1) is 19.4. The second-order valence-electron chi connectivity index (χ2n) is 8.13. The van der Waals surface area contributed by atoms with E-state index >= 15 is 0 Å². The van der Waals surface area contributed by atoms with Gasteiger partial charge in [-0.2, -0.15) is 0 Å². The monoisotopic (exact) mass is 410 g/mol. The van der Waals surface area contributed by atoms with Gasteiger partial charge in [0.25, 0.3) is 0 Å². The first-order chi connectivity index (χ1) is 15.2. The largest absolute Gasteiger partial charge is 0.367 e. The van der Waals surface area contributed by atoms with Crippen LogP contribution in [0.4, 0.5) is 5.69 Å². The molecule has 0 bridgehead atoms. The number of anilines is 1. The van der Waals surface area contributed by atoms with E-state index in [1.54, 1.807) is 6.20 Å². The van der Waals surface area contributed by atoms with Crippen LogP contribution in [-0.2, 0) is 11.3 Å². The van der Waals surface area contributed by atoms with Crippen molar-refractivity contribution in [1.82, 2.24) is 14.5 Å². The van der Waals surface area contributed by atoms with Crippen LogP contribution < -0.4 is 4.90 Å². The van der Waals surface area contributed by atoms with E-state index in [4.69, 9.17) is 0 Å². The Morgan fingerprint density at radius 3 is 2.61 bits per heavy atom. The third kappa shape index (κ3) is 3.79. The van der Waals surface area contributed by atoms with Crippen LogP contribution in [0, 0.1) is 0 Å². The van der Waals surface area contributed by atoms with Crippen molar-refractivity contribution in [2.24, 2.45) is 0 Å². The number of amides is 1. The third-order valence-corrected chi connectivity index (χ3v) is 6.11. The van der Waals surface area contributed by atoms with E-state index in [0.29, 0.717) is 6.54 Å². The normalized spacial score (nSPS) is 16.6. The highest BCUT2D eigenvalue weighted by molar-refractivity contribution is 5.82. The van der Waals surface area contributed by atoms with Gasteiger partial charge in [-0.05, 0) is 36.8 Å². The van der Waals surface area contributed by atoms with E-state index in [0.717, 1.165) is 30.7 Å². The highest BCUT2D eigenvalue weighted by Gasteiger charge is 2.28. The number of pyridine rings is 1. The molecule has 1 saturated heterocycles. The molecule has 5 rings (SSSR count). The van der Waals surface area contributed by atoms with Gasteiger partial charge in [0.2, 0.25) is 5.91 Å². The Hall–Kier alpha value is -3.60. The zero-order valence-corrected chi connectivity index (χ0v) is 17.7. The van der Waals surface area contributed by atoms with Crippen LogP contribution in [0.15, 0.2) is 85.2 Å². The molecule has 2 aromatic carbocycles. The van der Waals surface area contributed by atoms with Gasteiger partial charge in [0.1, 0.15) is 12.2 Å². The van der Waals surface area contributed by atoms with Crippen molar-refractivity contribution in [2.45, 2.75) is 19.5 Å². The molecule has 0 saturated carbocycles. The van der Waals surface area contributed by atoms with Crippen molar-refractivity contribution in [3.05, 3.63) is 85.2 Å². The Balaban J connectivity index is 1.32. The fourth-order valence-corrected chi connectivity index (χ4v) is 4.54. The Morgan fingerprint density at radius 1 is 0.968 bits per heavy atom. The number of fused-ring (bicyclic) bond motifs is 1. The van der Waals surface area contributed by atoms with Crippen molar-refractivity contribution in [3.63, 3.8) is 0 Å². The van der Waals surface area contributed by atoms with Crippen LogP contribution in [0.5, 0.6) is 0 Å². The van der Waals surface area contributed by atoms with Crippen molar-refractivity contribution in [3.8, 4) is 11.1 Å². The molecule has 0 radical (unpaired) electrons. The van der Waals surface area contributed by atoms with Crippen LogP contribution in [0.3, 0.4) is 0 Å². The molecule has 5 nitrogen and oxygen atoms in total. The first-order valence-corrected chi connectivity index (χ1v) is 10.8. The van der Waals surface area contributed by atoms with Crippen LogP contribution in [0.25, 0.3) is 22.2 Å². The molecule has 31 heavy (non-hydrogen) atoms. The zero-order chi connectivity index (χ0) is 21.2. The first-order valence-electron chi connectivity index (χ1n) is 10.8. The lowest BCUT2D eigenvalue weighted by molar-refractivity contribution is -0.134. The fourth-order valence-electron chi connectivity index (χ4n) is 4.54. The summed E-state index contributed by atoms with van der Waals surface area (Å²) in [4.78, 5) is 22.0. The summed E-state index contributed by atoms with van der Waals surface area (Å²) in [5.41, 5.74) is 4.54. The van der Waals surface area contributed by atoms with Crippen molar-refractivity contribution in [1.29, 1.82) is 0 Å². The van der Waals surface area contributed by atoms with Gasteiger partial charge in [0.15, 0.2) is 0 Å². The smallest absolute Gasteiger partial charge is 0.242 e. The van der Waals surface area contributed by atoms with Gasteiger partial charge in [-0.25, -0.2) is 4.98 Å². The molecule has 1 atom stereocenters. The Kier molecular flexibility index (Phi) is 5.16. The van der Waals surface area contributed by atoms with Gasteiger partial charge in [-0.15, -0.1) is 0 Å². The molecule has 1 unspecified atom stereocenters. The number of rotatable bonds is 4. The molecule has 1 amide bonds. The molecule has 5 heteroatoms. The van der Waals surface area contributed by atoms with Crippen LogP contribution in [-0.4, -0.2) is 46.0 Å². The number of carbonyl (C=O) groups is 1. The maximum atomic E-state index is 13.1. The lowest BCUT2D eigenvalue weighted by Crippen LogP contribution is -2.54. The highest BCUT2D eigenvalue weighted by Crippen LogP contribution is 2.32. The summed E-state index contributed by atoms with van der Waals surface area (Å²) in [5, 5.41) is 1.06. The predicted octanol–water partition coefficient (Wildman–Crippen LogP) is 4.44. The summed E-state index contributed by atoms with van der Waals surface area (Å²) < 4.78 is 1.95. The van der Waals surface area contributed by atoms with Crippen molar-refractivity contribution >= 4 is 22.6 Å². The van der Waals surface area contributed by atoms with Gasteiger partial charge in [0, 0.05) is 54.7 Å². The fraction of sp³-hybridized carbons (Fsp3) is 0.231. The number of nitrogens with zero attached hydrogens (tertiary/aromatic N) is 4. The predicted molar refractivity (Wildman–Crippen MR) is 125 cm³/mol. The van der Waals surface area contributed by atoms with Crippen LogP contribution in [0.2, 0.25) is 0 Å². The lowest BCUT2D eigenvalue weighted by Gasteiger charge is -2.41. The molecular weight excluding hydrogens is 384 g/mol. The van der Waals surface area contributed by atoms with E-state index < -0.39 is 0 Å². The number of piperazine rings is 1. The summed E-state index contributed by atoms with van der Waals surface area (Å²) in [6, 6.07) is 25.1. The summed E-state index contributed by atoms with van der Waals surface area (Å²) >= 11 is 0. The van der Waals surface area contributed by atoms with Crippen molar-refractivity contribution < 1.29 is 4.79 Å². The Morgan fingerprint density at radius 2 is 1.77 bits per heavy atom. The number of para-hydroxylation sites is 1. The van der Waals surface area contributed by atoms with Gasteiger partial charge in [0.05, 0.1) is 0 Å². The van der Waals surface area contributed by atoms with Crippen LogP contribution in [0.1, 0.15) is 6.92 Å². The molecule has 1 fully saturated rings. The SMILES string of the molecule is CC1CN(c2ccccc2-c2ccccc2)CCN1C(=O)Cn1ccc2cccnc21. The molecule has 3 heterocycles. The van der Waals surface area contributed by atoms with E-state index in [1.165, 1.54) is 16.8 Å². The average Bonchev–Trinajstić information content (AvgIpc) is 3.22. The molecule has 0 aliphatic carbocycles. The molecule has 0 N–H and O–H groups in total. The van der Waals surface area contributed by atoms with Gasteiger partial charge in [-0.1, -0.05) is 48.5 Å². The summed E-state index contributed by atoms with van der Waals surface area (Å²) in [5.74, 6) is 0.145. The summed E-state index contributed by atoms with van der Waals surface area (Å²) in [6.45, 7) is 4.83. The molecule has 1 aliphatic rings. The number of carbonyl (C=O) groups excluding carboxylic acids is 1. The minimum atomic E-state index is 0.139. The minimum absolute atomic E-state index is 0.139. The van der Waals surface area contributed by atoms with E-state index in [2.05, 4.69) is 65.3 Å². The molecular formula is C26H26N4O. The topological polar surface area (TPSA) is 41.4 Å². The number of aromatic nitrogens is 2. The second-order valence-corrected chi connectivity index (χ2v) is 8.13. The van der Waals surface area contributed by atoms with Gasteiger partial charge < -0.3 is 14.4 Å². The van der Waals surface area contributed by atoms with Gasteiger partial charge >= 0.3 is 0 Å². The zero-order valence-electron chi connectivity index (χ0n) is 17.7. The number of hydrogen-bond donors (Lipinski definition) is 0. The second kappa shape index (κ2) is 8.26. The summed E-state index contributed by atoms with van der Waals surface area (Å²) in [7, 11) is 0. The van der Waals surface area contributed by atoms with E-state index in [1.807, 2.05) is 39.9 Å². The molecule has 156 valence electrons. The Bertz CT molecular complexity index is 1200. The summed E-state index contributed by atoms with van der Waals surface area (Å²) in [6.07, 6.45) is 3.72. The third-order valence-electron chi connectivity index (χ3n) is 6.11. The maximum absolute atomic E-state index is 13.1. The lowest BCUT2D eigenvalue weighted by atomic mass is 10.0.